The van der Waals surface area contributed by atoms with Crippen LogP contribution in [0.1, 0.15) is 32.3 Å². The summed E-state index contributed by atoms with van der Waals surface area (Å²) in [4.78, 5) is 37.6. The van der Waals surface area contributed by atoms with Gasteiger partial charge in [-0.3, -0.25) is 14.4 Å². The van der Waals surface area contributed by atoms with Crippen LogP contribution in [0.2, 0.25) is 0 Å². The first-order chi connectivity index (χ1) is 12.0. The number of nitrogens with one attached hydrogen (secondary N) is 1. The molecule has 0 radical (unpaired) electrons. The smallest absolute Gasteiger partial charge is 0.325 e. The minimum absolute atomic E-state index is 0.0234. The summed E-state index contributed by atoms with van der Waals surface area (Å²) in [7, 11) is 0. The molecule has 1 heterocycles. The van der Waals surface area contributed by atoms with Crippen molar-refractivity contribution >= 4 is 17.8 Å². The number of rotatable bonds is 6. The van der Waals surface area contributed by atoms with E-state index in [-0.39, 0.29) is 36.8 Å². The normalized spacial score (nSPS) is 15.1. The topological polar surface area (TPSA) is 75.7 Å². The first-order valence-corrected chi connectivity index (χ1v) is 8.73. The Kier molecular flexibility index (Phi) is 6.98. The molecular weight excluding hydrogens is 320 g/mol. The molecule has 0 unspecified atom stereocenters. The fraction of sp³-hybridized carbons (Fsp3) is 0.526. The van der Waals surface area contributed by atoms with Gasteiger partial charge in [0.05, 0.1) is 0 Å². The van der Waals surface area contributed by atoms with Crippen molar-refractivity contribution in [2.24, 2.45) is 11.8 Å². The van der Waals surface area contributed by atoms with E-state index < -0.39 is 5.97 Å². The highest BCUT2D eigenvalue weighted by atomic mass is 16.5. The van der Waals surface area contributed by atoms with Gasteiger partial charge in [0.15, 0.2) is 0 Å². The molecule has 0 bridgehead atoms. The maximum atomic E-state index is 12.2. The summed E-state index contributed by atoms with van der Waals surface area (Å²) < 4.78 is 5.13. The van der Waals surface area contributed by atoms with Crippen molar-refractivity contribution in [3.8, 4) is 0 Å². The Morgan fingerprint density at radius 3 is 2.40 bits per heavy atom. The zero-order chi connectivity index (χ0) is 18.2. The van der Waals surface area contributed by atoms with Gasteiger partial charge in [0.1, 0.15) is 13.2 Å². The Morgan fingerprint density at radius 1 is 1.16 bits per heavy atom. The molecule has 0 spiro atoms. The van der Waals surface area contributed by atoms with Gasteiger partial charge in [0.25, 0.3) is 0 Å². The molecule has 0 saturated carbocycles. The number of likely N-dealkylation sites (tertiary alicyclic amines) is 1. The van der Waals surface area contributed by atoms with Crippen molar-refractivity contribution in [2.75, 3.05) is 19.6 Å². The van der Waals surface area contributed by atoms with Crippen LogP contribution in [0.3, 0.4) is 0 Å². The molecule has 1 aliphatic rings. The van der Waals surface area contributed by atoms with E-state index in [1.54, 1.807) is 0 Å². The van der Waals surface area contributed by atoms with Crippen LogP contribution in [0.5, 0.6) is 0 Å². The van der Waals surface area contributed by atoms with Gasteiger partial charge in [-0.05, 0) is 18.4 Å². The summed E-state index contributed by atoms with van der Waals surface area (Å²) in [6, 6.07) is 9.39. The van der Waals surface area contributed by atoms with Crippen LogP contribution in [0, 0.1) is 11.8 Å². The molecule has 1 fully saturated rings. The van der Waals surface area contributed by atoms with Gasteiger partial charge < -0.3 is 15.0 Å². The van der Waals surface area contributed by atoms with Gasteiger partial charge in [0.2, 0.25) is 11.8 Å². The average Bonchev–Trinajstić information content (AvgIpc) is 2.64. The lowest BCUT2D eigenvalue weighted by molar-refractivity contribution is -0.145. The number of piperidine rings is 1. The lowest BCUT2D eigenvalue weighted by atomic mass is 9.95. The molecule has 6 heteroatoms. The molecule has 2 amide bonds. The van der Waals surface area contributed by atoms with Crippen LogP contribution in [0.15, 0.2) is 30.3 Å². The average molecular weight is 346 g/mol. The third-order valence-electron chi connectivity index (χ3n) is 4.32. The van der Waals surface area contributed by atoms with E-state index in [0.717, 1.165) is 5.56 Å². The highest BCUT2D eigenvalue weighted by molar-refractivity contribution is 5.84. The monoisotopic (exact) mass is 346 g/mol. The molecular formula is C19H26N2O4. The van der Waals surface area contributed by atoms with Crippen LogP contribution in [-0.4, -0.2) is 42.3 Å². The highest BCUT2D eigenvalue weighted by Crippen LogP contribution is 2.18. The maximum Gasteiger partial charge on any atom is 0.325 e. The molecule has 0 aliphatic carbocycles. The number of carbonyl (C=O) groups is 3. The molecule has 1 aromatic rings. The van der Waals surface area contributed by atoms with E-state index in [0.29, 0.717) is 25.9 Å². The number of esters is 1. The maximum absolute atomic E-state index is 12.2. The van der Waals surface area contributed by atoms with Crippen LogP contribution in [0.4, 0.5) is 0 Å². The Hall–Kier alpha value is -2.37. The molecule has 6 nitrogen and oxygen atoms in total. The predicted molar refractivity (Wildman–Crippen MR) is 93.4 cm³/mol. The van der Waals surface area contributed by atoms with Gasteiger partial charge in [0, 0.05) is 24.9 Å². The van der Waals surface area contributed by atoms with Crippen molar-refractivity contribution in [3.05, 3.63) is 35.9 Å². The second-order valence-electron chi connectivity index (χ2n) is 6.62. The van der Waals surface area contributed by atoms with E-state index in [2.05, 4.69) is 5.32 Å². The van der Waals surface area contributed by atoms with E-state index in [4.69, 9.17) is 4.74 Å². The van der Waals surface area contributed by atoms with Gasteiger partial charge in [-0.25, -0.2) is 0 Å². The van der Waals surface area contributed by atoms with Crippen molar-refractivity contribution in [3.63, 3.8) is 0 Å². The second-order valence-corrected chi connectivity index (χ2v) is 6.62. The molecule has 1 saturated heterocycles. The number of amides is 2. The number of nitrogens with zero attached hydrogens (tertiary/aromatic N) is 1. The summed E-state index contributed by atoms with van der Waals surface area (Å²) in [5.74, 6) is -0.649. The standard InChI is InChI=1S/C19H26N2O4/c1-14(2)19(24)21-10-8-16(9-11-21)18(23)20-12-17(22)25-13-15-6-4-3-5-7-15/h3-7,14,16H,8-13H2,1-2H3,(H,20,23). The fourth-order valence-electron chi connectivity index (χ4n) is 2.82. The molecule has 0 aromatic heterocycles. The Bertz CT molecular complexity index is 593. The van der Waals surface area contributed by atoms with E-state index in [1.807, 2.05) is 49.1 Å². The first kappa shape index (κ1) is 19.0. The zero-order valence-electron chi connectivity index (χ0n) is 14.9. The van der Waals surface area contributed by atoms with Gasteiger partial charge >= 0.3 is 5.97 Å². The Balaban J connectivity index is 1.67. The predicted octanol–water partition coefficient (Wildman–Crippen LogP) is 1.74. The molecule has 25 heavy (non-hydrogen) atoms. The number of hydrogen-bond donors (Lipinski definition) is 1. The number of benzene rings is 1. The molecule has 1 aromatic carbocycles. The molecule has 136 valence electrons. The largest absolute Gasteiger partial charge is 0.460 e. The van der Waals surface area contributed by atoms with E-state index in [1.165, 1.54) is 0 Å². The number of ether oxygens (including phenoxy) is 1. The minimum Gasteiger partial charge on any atom is -0.460 e. The summed E-state index contributed by atoms with van der Waals surface area (Å²) in [6.45, 7) is 5.01. The Morgan fingerprint density at radius 2 is 1.80 bits per heavy atom. The van der Waals surface area contributed by atoms with Crippen molar-refractivity contribution in [2.45, 2.75) is 33.3 Å². The lowest BCUT2D eigenvalue weighted by Gasteiger charge is -2.32. The van der Waals surface area contributed by atoms with Crippen LogP contribution in [-0.2, 0) is 25.7 Å². The number of carbonyl (C=O) groups excluding carboxylic acids is 3. The van der Waals surface area contributed by atoms with Crippen molar-refractivity contribution < 1.29 is 19.1 Å². The minimum atomic E-state index is -0.454. The Labute approximate surface area is 148 Å². The summed E-state index contributed by atoms with van der Waals surface area (Å²) in [6.07, 6.45) is 1.26. The van der Waals surface area contributed by atoms with Crippen LogP contribution < -0.4 is 5.32 Å². The molecule has 0 atom stereocenters. The lowest BCUT2D eigenvalue weighted by Crippen LogP contribution is -2.45. The summed E-state index contributed by atoms with van der Waals surface area (Å²) in [5, 5.41) is 2.64. The van der Waals surface area contributed by atoms with E-state index in [9.17, 15) is 14.4 Å². The molecule has 1 N–H and O–H groups in total. The van der Waals surface area contributed by atoms with Gasteiger partial charge in [-0.15, -0.1) is 0 Å². The van der Waals surface area contributed by atoms with Crippen LogP contribution >= 0.6 is 0 Å². The highest BCUT2D eigenvalue weighted by Gasteiger charge is 2.28. The summed E-state index contributed by atoms with van der Waals surface area (Å²) >= 11 is 0. The van der Waals surface area contributed by atoms with Crippen molar-refractivity contribution in [1.82, 2.24) is 10.2 Å². The third-order valence-corrected chi connectivity index (χ3v) is 4.32. The van der Waals surface area contributed by atoms with Gasteiger partial charge in [-0.1, -0.05) is 44.2 Å². The number of hydrogen-bond acceptors (Lipinski definition) is 4. The van der Waals surface area contributed by atoms with Crippen LogP contribution in [0.25, 0.3) is 0 Å². The second kappa shape index (κ2) is 9.20. The summed E-state index contributed by atoms with van der Waals surface area (Å²) in [5.41, 5.74) is 0.907. The van der Waals surface area contributed by atoms with E-state index >= 15 is 0 Å². The quantitative estimate of drug-likeness (QED) is 0.796. The third kappa shape index (κ3) is 5.89. The van der Waals surface area contributed by atoms with Gasteiger partial charge in [-0.2, -0.15) is 0 Å². The zero-order valence-corrected chi connectivity index (χ0v) is 14.9. The SMILES string of the molecule is CC(C)C(=O)N1CCC(C(=O)NCC(=O)OCc2ccccc2)CC1. The molecule has 2 rings (SSSR count). The van der Waals surface area contributed by atoms with Crippen molar-refractivity contribution in [1.29, 1.82) is 0 Å². The fourth-order valence-corrected chi connectivity index (χ4v) is 2.82. The first-order valence-electron chi connectivity index (χ1n) is 8.73. The molecule has 1 aliphatic heterocycles.